The summed E-state index contributed by atoms with van der Waals surface area (Å²) in [6, 6.07) is 10.0. The number of rotatable bonds is 4. The van der Waals surface area contributed by atoms with E-state index in [0.717, 1.165) is 23.3 Å². The van der Waals surface area contributed by atoms with Gasteiger partial charge in [-0.2, -0.15) is 5.06 Å². The van der Waals surface area contributed by atoms with Crippen LogP contribution in [0.3, 0.4) is 0 Å². The summed E-state index contributed by atoms with van der Waals surface area (Å²) in [5, 5.41) is 21.0. The maximum absolute atomic E-state index is 12.0. The van der Waals surface area contributed by atoms with Crippen LogP contribution < -0.4 is 5.32 Å². The number of carbonyl (C=O) groups is 6. The van der Waals surface area contributed by atoms with E-state index in [1.54, 1.807) is 18.2 Å². The molecule has 2 fully saturated rings. The van der Waals surface area contributed by atoms with Crippen LogP contribution in [0.1, 0.15) is 41.4 Å². The minimum Gasteiger partial charge on any atom is -0.478 e. The summed E-state index contributed by atoms with van der Waals surface area (Å²) in [6.07, 6.45) is -0.609. The fourth-order valence-corrected chi connectivity index (χ4v) is 2.42. The predicted octanol–water partition coefficient (Wildman–Crippen LogP) is 0.890. The highest BCUT2D eigenvalue weighted by Crippen LogP contribution is 2.24. The molecule has 0 radical (unpaired) electrons. The first-order chi connectivity index (χ1) is 14.7. The third-order valence-electron chi connectivity index (χ3n) is 3.95. The molecule has 2 saturated heterocycles. The Morgan fingerprint density at radius 1 is 0.871 bits per heavy atom. The molecule has 3 N–H and O–H groups in total. The predicted molar refractivity (Wildman–Crippen MR) is 96.8 cm³/mol. The molecule has 0 bridgehead atoms. The van der Waals surface area contributed by atoms with Crippen LogP contribution in [0.15, 0.2) is 48.5 Å². The van der Waals surface area contributed by atoms with E-state index in [-0.39, 0.29) is 17.0 Å². The van der Waals surface area contributed by atoms with E-state index in [0.29, 0.717) is 0 Å². The summed E-state index contributed by atoms with van der Waals surface area (Å²) in [6.45, 7) is 0. The molecule has 12 nitrogen and oxygen atoms in total. The Morgan fingerprint density at radius 2 is 1.55 bits per heavy atom. The number of urea groups is 1. The van der Waals surface area contributed by atoms with Crippen molar-refractivity contribution in [2.45, 2.75) is 6.23 Å². The van der Waals surface area contributed by atoms with Crippen molar-refractivity contribution in [3.63, 3.8) is 0 Å². The zero-order chi connectivity index (χ0) is 22.7. The number of nitrogens with zero attached hydrogens (tertiary/aromatic N) is 1. The van der Waals surface area contributed by atoms with Crippen LogP contribution in [0, 0.1) is 0 Å². The number of fused-ring (bicyclic) bond motifs is 1. The number of carboxylic acids is 2. The number of amides is 3. The van der Waals surface area contributed by atoms with E-state index in [9.17, 15) is 28.8 Å². The van der Waals surface area contributed by atoms with Crippen molar-refractivity contribution in [1.82, 2.24) is 10.4 Å². The maximum Gasteiger partial charge on any atom is 0.351 e. The van der Waals surface area contributed by atoms with Gasteiger partial charge < -0.3 is 14.9 Å². The molecule has 3 amide bonds. The van der Waals surface area contributed by atoms with Gasteiger partial charge >= 0.3 is 29.9 Å². The highest BCUT2D eigenvalue weighted by molar-refractivity contribution is 6.09. The standard InChI is InChI=1S/C16H10O7.C3H2N2O3/c17-13(18)10-6-7-11(14(19)20)12(8-10)16(22)23-15(21)9-4-2-1-3-5-9;6-1-2-5(8-2)3(7)4-1/h1-8H,(H,17,18)(H,19,20);2H,(H,4,6,7). The molecule has 0 aliphatic carbocycles. The third kappa shape index (κ3) is 4.71. The lowest BCUT2D eigenvalue weighted by atomic mass is 10.0. The maximum atomic E-state index is 12.0. The Bertz CT molecular complexity index is 1090. The molecule has 4 rings (SSSR count). The molecule has 2 aliphatic rings. The topological polar surface area (TPSA) is 180 Å². The van der Waals surface area contributed by atoms with Crippen LogP contribution in [0.4, 0.5) is 4.79 Å². The quantitative estimate of drug-likeness (QED) is 0.274. The zero-order valence-electron chi connectivity index (χ0n) is 15.3. The number of hydroxylamine groups is 2. The van der Waals surface area contributed by atoms with Gasteiger partial charge in [-0.3, -0.25) is 10.1 Å². The van der Waals surface area contributed by atoms with E-state index in [1.165, 1.54) is 12.1 Å². The third-order valence-corrected chi connectivity index (χ3v) is 3.95. The van der Waals surface area contributed by atoms with Gasteiger partial charge in [-0.15, -0.1) is 0 Å². The van der Waals surface area contributed by atoms with E-state index in [4.69, 9.17) is 10.2 Å². The number of benzene rings is 2. The number of ether oxygens (including phenoxy) is 1. The Hall–Kier alpha value is -4.58. The monoisotopic (exact) mass is 428 g/mol. The van der Waals surface area contributed by atoms with Crippen LogP contribution in [0.2, 0.25) is 0 Å². The van der Waals surface area contributed by atoms with E-state index in [1.807, 2.05) is 5.32 Å². The molecule has 0 aromatic heterocycles. The molecule has 1 unspecified atom stereocenters. The largest absolute Gasteiger partial charge is 0.478 e. The van der Waals surface area contributed by atoms with Crippen LogP contribution >= 0.6 is 0 Å². The van der Waals surface area contributed by atoms with Crippen molar-refractivity contribution in [2.75, 3.05) is 0 Å². The molecule has 0 spiro atoms. The molecule has 12 heteroatoms. The fraction of sp³-hybridized carbons (Fsp3) is 0.0526. The summed E-state index contributed by atoms with van der Waals surface area (Å²) in [4.78, 5) is 71.0. The van der Waals surface area contributed by atoms with Gasteiger partial charge in [0, 0.05) is 0 Å². The lowest BCUT2D eigenvalue weighted by Crippen LogP contribution is -2.26. The van der Waals surface area contributed by atoms with Crippen LogP contribution in [-0.2, 0) is 14.4 Å². The second kappa shape index (κ2) is 8.42. The highest BCUT2D eigenvalue weighted by Gasteiger charge is 2.54. The minimum atomic E-state index is -1.44. The summed E-state index contributed by atoms with van der Waals surface area (Å²) in [5.41, 5.74) is -1.16. The van der Waals surface area contributed by atoms with Crippen molar-refractivity contribution < 1.29 is 48.6 Å². The highest BCUT2D eigenvalue weighted by atomic mass is 16.9. The lowest BCUT2D eigenvalue weighted by Gasteiger charge is -2.07. The smallest absolute Gasteiger partial charge is 0.351 e. The van der Waals surface area contributed by atoms with E-state index >= 15 is 0 Å². The normalized spacial score (nSPS) is 15.7. The summed E-state index contributed by atoms with van der Waals surface area (Å²) in [7, 11) is 0. The van der Waals surface area contributed by atoms with Gasteiger partial charge in [-0.05, 0) is 30.3 Å². The SMILES string of the molecule is O=C(O)c1ccc(C(=O)O)c(C(=O)OC(=O)c2ccccc2)c1.O=C1NC(=O)N2OC12. The molecule has 2 aromatic rings. The molecule has 2 aliphatic heterocycles. The van der Waals surface area contributed by atoms with Gasteiger partial charge in [-0.25, -0.2) is 28.8 Å². The first-order valence-electron chi connectivity index (χ1n) is 8.42. The average Bonchev–Trinajstić information content (AvgIpc) is 3.50. The van der Waals surface area contributed by atoms with Crippen LogP contribution in [-0.4, -0.2) is 57.3 Å². The van der Waals surface area contributed by atoms with E-state index in [2.05, 4.69) is 9.57 Å². The Balaban J connectivity index is 0.000000280. The first-order valence-corrected chi connectivity index (χ1v) is 8.42. The van der Waals surface area contributed by atoms with Gasteiger partial charge in [0.25, 0.3) is 12.1 Å². The molecule has 1 atom stereocenters. The molecule has 0 saturated carbocycles. The lowest BCUT2D eigenvalue weighted by molar-refractivity contribution is -0.120. The van der Waals surface area contributed by atoms with Crippen LogP contribution in [0.5, 0.6) is 0 Å². The zero-order valence-corrected chi connectivity index (χ0v) is 15.3. The van der Waals surface area contributed by atoms with Gasteiger partial charge in [0.1, 0.15) is 0 Å². The first kappa shape index (κ1) is 21.1. The molecule has 31 heavy (non-hydrogen) atoms. The summed E-state index contributed by atoms with van der Waals surface area (Å²) < 4.78 is 4.61. The number of imide groups is 1. The van der Waals surface area contributed by atoms with Gasteiger partial charge in [0.05, 0.1) is 22.3 Å². The van der Waals surface area contributed by atoms with Crippen molar-refractivity contribution in [2.24, 2.45) is 0 Å². The second-order valence-corrected chi connectivity index (χ2v) is 5.99. The van der Waals surface area contributed by atoms with Gasteiger partial charge in [0.2, 0.25) is 0 Å². The number of esters is 2. The number of nitrogens with one attached hydrogen (secondary N) is 1. The second-order valence-electron chi connectivity index (χ2n) is 5.99. The Morgan fingerprint density at radius 3 is 2.00 bits per heavy atom. The average molecular weight is 428 g/mol. The molecular weight excluding hydrogens is 416 g/mol. The van der Waals surface area contributed by atoms with Crippen molar-refractivity contribution in [3.8, 4) is 0 Å². The minimum absolute atomic E-state index is 0.104. The van der Waals surface area contributed by atoms with Gasteiger partial charge in [0.15, 0.2) is 0 Å². The summed E-state index contributed by atoms with van der Waals surface area (Å²) in [5.74, 6) is -5.35. The van der Waals surface area contributed by atoms with Crippen molar-refractivity contribution in [1.29, 1.82) is 0 Å². The number of carboxylic acid groups (broad SMARTS) is 2. The number of hydrogen-bond donors (Lipinski definition) is 3. The molecular formula is C19H12N2O10. The summed E-state index contributed by atoms with van der Waals surface area (Å²) >= 11 is 0. The number of hydrogen-bond acceptors (Lipinski definition) is 8. The van der Waals surface area contributed by atoms with Crippen molar-refractivity contribution >= 4 is 35.8 Å². The molecule has 2 aromatic carbocycles. The van der Waals surface area contributed by atoms with Gasteiger partial charge in [-0.1, -0.05) is 18.2 Å². The fourth-order valence-electron chi connectivity index (χ4n) is 2.42. The van der Waals surface area contributed by atoms with Crippen LogP contribution in [0.25, 0.3) is 0 Å². The van der Waals surface area contributed by atoms with E-state index < -0.39 is 47.3 Å². The molecule has 158 valence electrons. The van der Waals surface area contributed by atoms with Crippen molar-refractivity contribution in [3.05, 3.63) is 70.8 Å². The molecule has 2 heterocycles. The Kier molecular flexibility index (Phi) is 5.74. The number of carbonyl (C=O) groups excluding carboxylic acids is 4. The Labute approximate surface area is 172 Å². The number of aromatic carboxylic acids is 2.